The van der Waals surface area contributed by atoms with E-state index in [1.807, 2.05) is 0 Å². The van der Waals surface area contributed by atoms with Crippen LogP contribution in [0.2, 0.25) is 25.7 Å². The molecule has 0 aromatic carbocycles. The Labute approximate surface area is 85.0 Å². The van der Waals surface area contributed by atoms with E-state index < -0.39 is 8.07 Å². The van der Waals surface area contributed by atoms with Gasteiger partial charge in [-0.05, 0) is 6.04 Å². The summed E-state index contributed by atoms with van der Waals surface area (Å²) in [4.78, 5) is 17.9. The zero-order valence-corrected chi connectivity index (χ0v) is 10.3. The lowest BCUT2D eigenvalue weighted by atomic mass is 10.7. The van der Waals surface area contributed by atoms with E-state index in [0.29, 0.717) is 6.61 Å². The van der Waals surface area contributed by atoms with Gasteiger partial charge in [-0.25, -0.2) is 0 Å². The number of hydrogen-bond donors (Lipinski definition) is 0. The van der Waals surface area contributed by atoms with Gasteiger partial charge in [0.25, 0.3) is 0 Å². The number of aryl methyl sites for hydroxylation is 1. The third-order valence-electron chi connectivity index (χ3n) is 1.97. The van der Waals surface area contributed by atoms with Crippen LogP contribution in [0.4, 0.5) is 0 Å². The lowest BCUT2D eigenvalue weighted by molar-refractivity contribution is 0.0618. The molecule has 80 valence electrons. The highest BCUT2D eigenvalue weighted by atomic mass is 28.3. The van der Waals surface area contributed by atoms with Crippen molar-refractivity contribution in [3.05, 3.63) is 22.6 Å². The molecule has 0 bridgehead atoms. The van der Waals surface area contributed by atoms with Crippen molar-refractivity contribution < 1.29 is 4.84 Å². The molecule has 1 rings (SSSR count). The molecule has 0 spiro atoms. The zero-order valence-electron chi connectivity index (χ0n) is 9.28. The number of rotatable bonds is 4. The minimum Gasteiger partial charge on any atom is -0.395 e. The van der Waals surface area contributed by atoms with E-state index in [2.05, 4.69) is 19.6 Å². The molecule has 0 saturated carbocycles. The van der Waals surface area contributed by atoms with Crippen LogP contribution in [-0.4, -0.2) is 24.2 Å². The van der Waals surface area contributed by atoms with E-state index in [4.69, 9.17) is 4.84 Å². The van der Waals surface area contributed by atoms with E-state index in [-0.39, 0.29) is 5.56 Å². The molecule has 0 aliphatic heterocycles. The molecule has 4 nitrogen and oxygen atoms in total. The van der Waals surface area contributed by atoms with Gasteiger partial charge in [-0.2, -0.15) is 0 Å². The fraction of sp³-hybridized carbons (Fsp3) is 0.667. The van der Waals surface area contributed by atoms with E-state index in [0.717, 1.165) is 6.04 Å². The van der Waals surface area contributed by atoms with Crippen LogP contribution in [0.1, 0.15) is 0 Å². The van der Waals surface area contributed by atoms with E-state index in [1.165, 1.54) is 10.9 Å². The minimum atomic E-state index is -1.08. The van der Waals surface area contributed by atoms with Crippen LogP contribution in [0.15, 0.2) is 17.1 Å². The average molecular weight is 214 g/mol. The summed E-state index contributed by atoms with van der Waals surface area (Å²) in [6, 6.07) is 2.55. The predicted octanol–water partition coefficient (Wildman–Crippen LogP) is 0.954. The Morgan fingerprint density at radius 3 is 2.50 bits per heavy atom. The maximum absolute atomic E-state index is 11.2. The molecule has 0 atom stereocenters. The van der Waals surface area contributed by atoms with Crippen LogP contribution in [0.5, 0.6) is 0 Å². The zero-order chi connectivity index (χ0) is 10.8. The lowest BCUT2D eigenvalue weighted by Crippen LogP contribution is -2.32. The van der Waals surface area contributed by atoms with Crippen molar-refractivity contribution in [3.63, 3.8) is 0 Å². The summed E-state index contributed by atoms with van der Waals surface area (Å²) in [6.45, 7) is 7.46. The fourth-order valence-electron chi connectivity index (χ4n) is 1.04. The van der Waals surface area contributed by atoms with Crippen LogP contribution in [0, 0.1) is 0 Å². The number of aromatic nitrogens is 2. The Hall–Kier alpha value is -0.973. The van der Waals surface area contributed by atoms with Crippen molar-refractivity contribution in [2.75, 3.05) is 6.61 Å². The lowest BCUT2D eigenvalue weighted by Gasteiger charge is -2.16. The fourth-order valence-corrected chi connectivity index (χ4v) is 1.75. The first kappa shape index (κ1) is 11.1. The Morgan fingerprint density at radius 2 is 2.07 bits per heavy atom. The van der Waals surface area contributed by atoms with Gasteiger partial charge >= 0.3 is 5.56 Å². The molecule has 14 heavy (non-hydrogen) atoms. The molecule has 0 aliphatic rings. The van der Waals surface area contributed by atoms with E-state index in [9.17, 15) is 4.79 Å². The summed E-state index contributed by atoms with van der Waals surface area (Å²) >= 11 is 0. The van der Waals surface area contributed by atoms with Crippen molar-refractivity contribution in [1.29, 1.82) is 0 Å². The standard InChI is InChI=1S/C9H18N2O2Si/c1-10-6-5-9(12)11(10)13-7-8-14(2,3)4/h5-6H,7-8H2,1-4H3. The second-order valence-corrected chi connectivity index (χ2v) is 10.3. The van der Waals surface area contributed by atoms with Gasteiger partial charge in [-0.15, -0.1) is 0 Å². The van der Waals surface area contributed by atoms with E-state index >= 15 is 0 Å². The molecular weight excluding hydrogens is 196 g/mol. The topological polar surface area (TPSA) is 36.2 Å². The van der Waals surface area contributed by atoms with Gasteiger partial charge in [-0.3, -0.25) is 9.48 Å². The molecule has 0 amide bonds. The van der Waals surface area contributed by atoms with Crippen molar-refractivity contribution >= 4 is 8.07 Å². The Bertz CT molecular complexity index is 348. The largest absolute Gasteiger partial charge is 0.395 e. The molecular formula is C9H18N2O2Si. The smallest absolute Gasteiger partial charge is 0.302 e. The molecule has 0 N–H and O–H groups in total. The van der Waals surface area contributed by atoms with E-state index in [1.54, 1.807) is 17.9 Å². The number of nitrogens with zero attached hydrogens (tertiary/aromatic N) is 2. The third-order valence-corrected chi connectivity index (χ3v) is 3.68. The van der Waals surface area contributed by atoms with Gasteiger partial charge < -0.3 is 4.84 Å². The predicted molar refractivity (Wildman–Crippen MR) is 59.3 cm³/mol. The summed E-state index contributed by atoms with van der Waals surface area (Å²) in [6.07, 6.45) is 1.69. The van der Waals surface area contributed by atoms with Gasteiger partial charge in [-0.1, -0.05) is 24.5 Å². The van der Waals surface area contributed by atoms with Gasteiger partial charge in [0.05, 0.1) is 0 Å². The third kappa shape index (κ3) is 3.06. The molecule has 0 aliphatic carbocycles. The van der Waals surface area contributed by atoms with Gasteiger partial charge in [0.1, 0.15) is 6.61 Å². The first-order valence-corrected chi connectivity index (χ1v) is 8.49. The monoisotopic (exact) mass is 214 g/mol. The van der Waals surface area contributed by atoms with Crippen LogP contribution in [0.25, 0.3) is 0 Å². The highest BCUT2D eigenvalue weighted by Gasteiger charge is 2.13. The molecule has 1 aromatic rings. The average Bonchev–Trinajstić information content (AvgIpc) is 2.33. The van der Waals surface area contributed by atoms with Gasteiger partial charge in [0.15, 0.2) is 0 Å². The second kappa shape index (κ2) is 4.04. The normalized spacial score (nSPS) is 11.7. The Kier molecular flexibility index (Phi) is 3.20. The van der Waals surface area contributed by atoms with Crippen LogP contribution in [-0.2, 0) is 7.05 Å². The van der Waals surface area contributed by atoms with Gasteiger partial charge in [0, 0.05) is 27.4 Å². The first-order chi connectivity index (χ1) is 6.40. The van der Waals surface area contributed by atoms with Crippen LogP contribution in [0.3, 0.4) is 0 Å². The minimum absolute atomic E-state index is 0.108. The van der Waals surface area contributed by atoms with Crippen molar-refractivity contribution in [2.24, 2.45) is 7.05 Å². The summed E-state index contributed by atoms with van der Waals surface area (Å²) in [5.41, 5.74) is -0.108. The molecule has 0 radical (unpaired) electrons. The highest BCUT2D eigenvalue weighted by Crippen LogP contribution is 2.06. The molecule has 0 fully saturated rings. The summed E-state index contributed by atoms with van der Waals surface area (Å²) in [7, 11) is 0.713. The summed E-state index contributed by atoms with van der Waals surface area (Å²) < 4.78 is 1.65. The maximum atomic E-state index is 11.2. The first-order valence-electron chi connectivity index (χ1n) is 4.78. The van der Waals surface area contributed by atoms with Crippen molar-refractivity contribution in [1.82, 2.24) is 9.53 Å². The Morgan fingerprint density at radius 1 is 1.43 bits per heavy atom. The maximum Gasteiger partial charge on any atom is 0.302 e. The summed E-state index contributed by atoms with van der Waals surface area (Å²) in [5.74, 6) is 0. The highest BCUT2D eigenvalue weighted by molar-refractivity contribution is 6.76. The molecule has 1 heterocycles. The van der Waals surface area contributed by atoms with Crippen molar-refractivity contribution in [3.8, 4) is 0 Å². The van der Waals surface area contributed by atoms with Gasteiger partial charge in [0.2, 0.25) is 0 Å². The quantitative estimate of drug-likeness (QED) is 0.700. The Balaban J connectivity index is 2.51. The molecule has 5 heteroatoms. The molecule has 0 saturated heterocycles. The molecule has 1 aromatic heterocycles. The summed E-state index contributed by atoms with van der Waals surface area (Å²) in [5, 5.41) is 0. The second-order valence-electron chi connectivity index (χ2n) is 4.64. The number of hydrogen-bond acceptors (Lipinski definition) is 2. The van der Waals surface area contributed by atoms with Crippen molar-refractivity contribution in [2.45, 2.75) is 25.7 Å². The SMILES string of the molecule is Cn1ccc(=O)n1OCC[Si](C)(C)C. The van der Waals surface area contributed by atoms with Crippen LogP contribution < -0.4 is 10.4 Å². The molecule has 0 unspecified atom stereocenters. The van der Waals surface area contributed by atoms with Crippen LogP contribution >= 0.6 is 0 Å².